The Hall–Kier alpha value is -3.84. The van der Waals surface area contributed by atoms with Crippen molar-refractivity contribution in [3.8, 4) is 23.1 Å². The van der Waals surface area contributed by atoms with Gasteiger partial charge in [-0.25, -0.2) is 4.98 Å². The van der Waals surface area contributed by atoms with Gasteiger partial charge >= 0.3 is 0 Å². The van der Waals surface area contributed by atoms with Gasteiger partial charge in [0.1, 0.15) is 17.3 Å². The molecule has 0 fully saturated rings. The highest BCUT2D eigenvalue weighted by Crippen LogP contribution is 2.28. The molecule has 3 heterocycles. The zero-order valence-electron chi connectivity index (χ0n) is 16.8. The monoisotopic (exact) mass is 431 g/mol. The van der Waals surface area contributed by atoms with E-state index >= 15 is 0 Å². The summed E-state index contributed by atoms with van der Waals surface area (Å²) in [4.78, 5) is 9.06. The van der Waals surface area contributed by atoms with Gasteiger partial charge in [0.15, 0.2) is 5.76 Å². The third kappa shape index (κ3) is 3.83. The molecule has 0 bridgehead atoms. The van der Waals surface area contributed by atoms with Crippen molar-refractivity contribution in [1.82, 2.24) is 19.6 Å². The average Bonchev–Trinajstić information content (AvgIpc) is 3.44. The lowest BCUT2D eigenvalue weighted by Crippen LogP contribution is -2.06. The van der Waals surface area contributed by atoms with Crippen molar-refractivity contribution in [2.45, 2.75) is 13.8 Å². The number of hydrogen-bond acceptors (Lipinski definition) is 6. The quantitative estimate of drug-likeness (QED) is 0.357. The summed E-state index contributed by atoms with van der Waals surface area (Å²) >= 11 is 5.92. The Bertz CT molecular complexity index is 1340. The van der Waals surface area contributed by atoms with Gasteiger partial charge in [-0.1, -0.05) is 11.6 Å². The van der Waals surface area contributed by atoms with E-state index in [1.54, 1.807) is 29.0 Å². The van der Waals surface area contributed by atoms with Crippen molar-refractivity contribution < 1.29 is 9.15 Å². The number of fused-ring (bicyclic) bond motifs is 1. The third-order valence-electron chi connectivity index (χ3n) is 4.88. The van der Waals surface area contributed by atoms with E-state index in [0.29, 0.717) is 22.4 Å². The smallest absolute Gasteiger partial charge is 0.255 e. The van der Waals surface area contributed by atoms with E-state index in [1.807, 2.05) is 56.3 Å². The summed E-state index contributed by atoms with van der Waals surface area (Å²) in [5.74, 6) is 3.81. The van der Waals surface area contributed by atoms with Crippen molar-refractivity contribution in [1.29, 1.82) is 0 Å². The van der Waals surface area contributed by atoms with E-state index in [9.17, 15) is 0 Å². The van der Waals surface area contributed by atoms with Crippen LogP contribution in [0.5, 0.6) is 11.5 Å². The zero-order valence-corrected chi connectivity index (χ0v) is 17.6. The number of halogens is 1. The fourth-order valence-electron chi connectivity index (χ4n) is 3.13. The summed E-state index contributed by atoms with van der Waals surface area (Å²) in [5, 5.41) is 8.69. The number of ether oxygens (including phenoxy) is 1. The maximum Gasteiger partial charge on any atom is 0.255 e. The van der Waals surface area contributed by atoms with Crippen molar-refractivity contribution in [3.63, 3.8) is 0 Å². The minimum atomic E-state index is 0.484. The Morgan fingerprint density at radius 2 is 1.65 bits per heavy atom. The van der Waals surface area contributed by atoms with Gasteiger partial charge in [-0.3, -0.25) is 0 Å². The molecule has 154 valence electrons. The first kappa shape index (κ1) is 19.1. The van der Waals surface area contributed by atoms with E-state index in [0.717, 1.165) is 34.3 Å². The van der Waals surface area contributed by atoms with Crippen molar-refractivity contribution in [2.24, 2.45) is 0 Å². The molecular weight excluding hydrogens is 414 g/mol. The number of furan rings is 1. The van der Waals surface area contributed by atoms with Gasteiger partial charge in [0, 0.05) is 22.0 Å². The molecule has 1 N–H and O–H groups in total. The van der Waals surface area contributed by atoms with Crippen LogP contribution < -0.4 is 10.1 Å². The molecule has 0 aliphatic carbocycles. The molecule has 3 aromatic heterocycles. The second kappa shape index (κ2) is 7.77. The highest BCUT2D eigenvalue weighted by atomic mass is 35.5. The largest absolute Gasteiger partial charge is 0.461 e. The van der Waals surface area contributed by atoms with Gasteiger partial charge in [-0.15, -0.1) is 5.10 Å². The molecule has 5 rings (SSSR count). The predicted octanol–water partition coefficient (Wildman–Crippen LogP) is 6.19. The first-order valence-electron chi connectivity index (χ1n) is 9.65. The van der Waals surface area contributed by atoms with Gasteiger partial charge in [0.05, 0.1) is 6.26 Å². The molecule has 0 radical (unpaired) electrons. The van der Waals surface area contributed by atoms with E-state index in [2.05, 4.69) is 20.4 Å². The average molecular weight is 432 g/mol. The van der Waals surface area contributed by atoms with Gasteiger partial charge in [0.25, 0.3) is 5.78 Å². The molecule has 0 aliphatic heterocycles. The number of nitrogens with zero attached hydrogens (tertiary/aromatic N) is 4. The lowest BCUT2D eigenvalue weighted by Gasteiger charge is -2.13. The summed E-state index contributed by atoms with van der Waals surface area (Å²) in [7, 11) is 0. The normalized spacial score (nSPS) is 11.1. The van der Waals surface area contributed by atoms with Crippen molar-refractivity contribution in [3.05, 3.63) is 83.2 Å². The summed E-state index contributed by atoms with van der Waals surface area (Å²) in [6.07, 6.45) is 1.60. The maximum absolute atomic E-state index is 5.92. The van der Waals surface area contributed by atoms with E-state index in [-0.39, 0.29) is 0 Å². The minimum absolute atomic E-state index is 0.484. The van der Waals surface area contributed by atoms with Crippen LogP contribution in [0.25, 0.3) is 17.4 Å². The Morgan fingerprint density at radius 3 is 2.32 bits per heavy atom. The number of hydrogen-bond donors (Lipinski definition) is 1. The lowest BCUT2D eigenvalue weighted by atomic mass is 10.2. The second-order valence-corrected chi connectivity index (χ2v) is 7.44. The summed E-state index contributed by atoms with van der Waals surface area (Å²) in [5.41, 5.74) is 2.73. The Labute approximate surface area is 183 Å². The number of benzene rings is 2. The first-order chi connectivity index (χ1) is 15.1. The first-order valence-corrected chi connectivity index (χ1v) is 10.0. The molecule has 5 aromatic rings. The highest BCUT2D eigenvalue weighted by molar-refractivity contribution is 6.30. The van der Waals surface area contributed by atoms with Crippen molar-refractivity contribution >= 4 is 28.9 Å². The van der Waals surface area contributed by atoms with E-state index in [4.69, 9.17) is 20.8 Å². The molecule has 0 aliphatic rings. The summed E-state index contributed by atoms with van der Waals surface area (Å²) in [6.45, 7) is 3.95. The van der Waals surface area contributed by atoms with Crippen LogP contribution in [0.4, 0.5) is 11.5 Å². The van der Waals surface area contributed by atoms with Crippen LogP contribution in [0.3, 0.4) is 0 Å². The molecule has 7 nitrogen and oxygen atoms in total. The van der Waals surface area contributed by atoms with Crippen LogP contribution >= 0.6 is 11.6 Å². The van der Waals surface area contributed by atoms with Gasteiger partial charge in [0.2, 0.25) is 5.82 Å². The van der Waals surface area contributed by atoms with Crippen LogP contribution in [0.2, 0.25) is 5.02 Å². The molecule has 0 atom stereocenters. The molecule has 0 spiro atoms. The van der Waals surface area contributed by atoms with Gasteiger partial charge in [-0.2, -0.15) is 9.50 Å². The number of anilines is 2. The summed E-state index contributed by atoms with van der Waals surface area (Å²) in [6, 6.07) is 18.5. The Balaban J connectivity index is 1.44. The Morgan fingerprint density at radius 1 is 0.935 bits per heavy atom. The topological polar surface area (TPSA) is 77.5 Å². The molecule has 0 saturated heterocycles. The molecule has 0 saturated carbocycles. The standard InChI is InChI=1S/C23H18ClN5O2/c1-14-15(2)25-23-27-21(20-4-3-13-30-20)28-29(23)22(14)26-17-7-11-19(12-8-17)31-18-9-5-16(24)6-10-18/h3-13,26H,1-2H3. The van der Waals surface area contributed by atoms with Crippen LogP contribution in [-0.4, -0.2) is 19.6 Å². The number of aryl methyl sites for hydroxylation is 1. The number of nitrogens with one attached hydrogen (secondary N) is 1. The molecule has 0 unspecified atom stereocenters. The van der Waals surface area contributed by atoms with Crippen LogP contribution in [-0.2, 0) is 0 Å². The Kier molecular flexibility index (Phi) is 4.80. The molecule has 2 aromatic carbocycles. The van der Waals surface area contributed by atoms with Crippen LogP contribution in [0.1, 0.15) is 11.3 Å². The van der Waals surface area contributed by atoms with Crippen LogP contribution in [0.15, 0.2) is 71.3 Å². The second-order valence-electron chi connectivity index (χ2n) is 7.00. The fourth-order valence-corrected chi connectivity index (χ4v) is 3.25. The van der Waals surface area contributed by atoms with Gasteiger partial charge < -0.3 is 14.5 Å². The van der Waals surface area contributed by atoms with Gasteiger partial charge in [-0.05, 0) is 74.5 Å². The molecule has 0 amide bonds. The summed E-state index contributed by atoms with van der Waals surface area (Å²) < 4.78 is 13.0. The molecule has 31 heavy (non-hydrogen) atoms. The highest BCUT2D eigenvalue weighted by Gasteiger charge is 2.16. The SMILES string of the molecule is Cc1nc2nc(-c3ccco3)nn2c(Nc2ccc(Oc3ccc(Cl)cc3)cc2)c1C. The predicted molar refractivity (Wildman–Crippen MR) is 119 cm³/mol. The van der Waals surface area contributed by atoms with Crippen LogP contribution in [0, 0.1) is 13.8 Å². The van der Waals surface area contributed by atoms with Crippen molar-refractivity contribution in [2.75, 3.05) is 5.32 Å². The minimum Gasteiger partial charge on any atom is -0.461 e. The molecule has 8 heteroatoms. The molecular formula is C23H18ClN5O2. The lowest BCUT2D eigenvalue weighted by molar-refractivity contribution is 0.483. The maximum atomic E-state index is 5.92. The zero-order chi connectivity index (χ0) is 21.4. The number of aromatic nitrogens is 4. The fraction of sp³-hybridized carbons (Fsp3) is 0.0870. The van der Waals surface area contributed by atoms with E-state index < -0.39 is 0 Å². The number of rotatable bonds is 5. The third-order valence-corrected chi connectivity index (χ3v) is 5.13. The van der Waals surface area contributed by atoms with E-state index in [1.165, 1.54) is 0 Å².